The maximum atomic E-state index is 14.3. The second kappa shape index (κ2) is 9.30. The Morgan fingerprint density at radius 1 is 1.05 bits per heavy atom. The van der Waals surface area contributed by atoms with E-state index in [4.69, 9.17) is 4.74 Å². The number of rotatable bonds is 6. The summed E-state index contributed by atoms with van der Waals surface area (Å²) in [5.41, 5.74) is -5.07. The Bertz CT molecular complexity index is 1160. The van der Waals surface area contributed by atoms with Crippen LogP contribution in [0.15, 0.2) is 11.6 Å². The molecule has 4 rings (SSSR count). The summed E-state index contributed by atoms with van der Waals surface area (Å²) in [5, 5.41) is 34.1. The van der Waals surface area contributed by atoms with E-state index in [1.165, 1.54) is 13.8 Å². The van der Waals surface area contributed by atoms with E-state index >= 15 is 0 Å². The van der Waals surface area contributed by atoms with Gasteiger partial charge in [-0.3, -0.25) is 19.2 Å². The van der Waals surface area contributed by atoms with Crippen LogP contribution in [0.2, 0.25) is 0 Å². The number of esters is 1. The van der Waals surface area contributed by atoms with Crippen molar-refractivity contribution in [3.63, 3.8) is 0 Å². The van der Waals surface area contributed by atoms with Crippen LogP contribution >= 0.6 is 0 Å². The number of ketones is 3. The molecule has 3 saturated carbocycles. The Morgan fingerprint density at radius 2 is 1.65 bits per heavy atom. The molecule has 224 valence electrons. The number of hydrogen-bond donors (Lipinski definition) is 3. The quantitative estimate of drug-likeness (QED) is 0.330. The van der Waals surface area contributed by atoms with Crippen molar-refractivity contribution < 1.29 is 39.2 Å². The van der Waals surface area contributed by atoms with Gasteiger partial charge in [0.2, 0.25) is 0 Å². The smallest absolute Gasteiger partial charge is 0.303 e. The summed E-state index contributed by atoms with van der Waals surface area (Å²) >= 11 is 0. The Balaban J connectivity index is 1.70. The van der Waals surface area contributed by atoms with Crippen molar-refractivity contribution in [2.24, 2.45) is 39.4 Å². The minimum absolute atomic E-state index is 0.0104. The van der Waals surface area contributed by atoms with Gasteiger partial charge in [-0.2, -0.15) is 0 Å². The number of ether oxygens (including phenoxy) is 1. The third kappa shape index (κ3) is 4.18. The fourth-order valence-corrected chi connectivity index (χ4v) is 9.68. The Morgan fingerprint density at radius 3 is 2.23 bits per heavy atom. The zero-order valence-electron chi connectivity index (χ0n) is 25.6. The highest BCUT2D eigenvalue weighted by Crippen LogP contribution is 2.74. The summed E-state index contributed by atoms with van der Waals surface area (Å²) in [7, 11) is 0. The zero-order chi connectivity index (χ0) is 30.4. The SMILES string of the molecule is CC(=O)OC(C)(C)CCC(=O)[C@](C)(O)C1[C@H](O)C[C@@]2(C)C3CC=C4[C@@H](C[C@H](O)C(=O)C4(C)C)[C@]3(C)C(=O)C[C@]12C. The van der Waals surface area contributed by atoms with Gasteiger partial charge in [0.25, 0.3) is 0 Å². The van der Waals surface area contributed by atoms with Gasteiger partial charge in [0, 0.05) is 36.5 Å². The third-order valence-corrected chi connectivity index (χ3v) is 11.9. The molecule has 40 heavy (non-hydrogen) atoms. The topological polar surface area (TPSA) is 138 Å². The Hall–Kier alpha value is -1.90. The van der Waals surface area contributed by atoms with Gasteiger partial charge < -0.3 is 20.1 Å². The summed E-state index contributed by atoms with van der Waals surface area (Å²) in [4.78, 5) is 52.2. The molecule has 9 atom stereocenters. The Labute approximate surface area is 237 Å². The van der Waals surface area contributed by atoms with E-state index in [0.29, 0.717) is 12.8 Å². The first-order chi connectivity index (χ1) is 18.1. The van der Waals surface area contributed by atoms with Crippen molar-refractivity contribution in [2.75, 3.05) is 0 Å². The number of hydrogen-bond acceptors (Lipinski definition) is 8. The molecule has 0 aromatic rings. The number of allylic oxidation sites excluding steroid dienone is 2. The second-order valence-corrected chi connectivity index (χ2v) is 15.1. The molecular weight excluding hydrogens is 512 g/mol. The molecule has 0 radical (unpaired) electrons. The number of fused-ring (bicyclic) bond motifs is 5. The summed E-state index contributed by atoms with van der Waals surface area (Å²) in [5.74, 6) is -2.52. The van der Waals surface area contributed by atoms with Crippen LogP contribution in [-0.4, -0.2) is 62.0 Å². The molecule has 0 bridgehead atoms. The fourth-order valence-electron chi connectivity index (χ4n) is 9.68. The van der Waals surface area contributed by atoms with Gasteiger partial charge in [0.1, 0.15) is 23.1 Å². The first-order valence-corrected chi connectivity index (χ1v) is 14.7. The molecule has 0 aromatic carbocycles. The van der Waals surface area contributed by atoms with Crippen molar-refractivity contribution in [1.82, 2.24) is 0 Å². The summed E-state index contributed by atoms with van der Waals surface area (Å²) in [6, 6.07) is 0. The van der Waals surface area contributed by atoms with Crippen LogP contribution < -0.4 is 0 Å². The van der Waals surface area contributed by atoms with Gasteiger partial charge >= 0.3 is 5.97 Å². The fraction of sp³-hybridized carbons (Fsp3) is 0.812. The molecule has 3 fully saturated rings. The minimum atomic E-state index is -1.91. The third-order valence-electron chi connectivity index (χ3n) is 11.9. The molecule has 0 aromatic heterocycles. The monoisotopic (exact) mass is 560 g/mol. The van der Waals surface area contributed by atoms with Crippen molar-refractivity contribution in [1.29, 1.82) is 0 Å². The van der Waals surface area contributed by atoms with Crippen LogP contribution in [0.3, 0.4) is 0 Å². The number of carbonyl (C=O) groups excluding carboxylic acids is 4. The number of aliphatic hydroxyl groups is 3. The van der Waals surface area contributed by atoms with Gasteiger partial charge in [-0.15, -0.1) is 0 Å². The molecule has 0 aliphatic heterocycles. The summed E-state index contributed by atoms with van der Waals surface area (Å²) in [6.45, 7) is 15.8. The molecule has 8 nitrogen and oxygen atoms in total. The van der Waals surface area contributed by atoms with E-state index in [1.54, 1.807) is 13.8 Å². The Kier molecular flexibility index (Phi) is 7.22. The lowest BCUT2D eigenvalue weighted by molar-refractivity contribution is -0.185. The van der Waals surface area contributed by atoms with Crippen molar-refractivity contribution in [3.8, 4) is 0 Å². The van der Waals surface area contributed by atoms with E-state index in [-0.39, 0.29) is 49.1 Å². The number of Topliss-reactive ketones (excluding diaryl/α,β-unsaturated/α-hetero) is 3. The summed E-state index contributed by atoms with van der Waals surface area (Å²) in [6.07, 6.45) is 1.23. The first kappa shape index (κ1) is 31.0. The van der Waals surface area contributed by atoms with Crippen LogP contribution in [0.5, 0.6) is 0 Å². The minimum Gasteiger partial charge on any atom is -0.460 e. The van der Waals surface area contributed by atoms with E-state index < -0.39 is 62.7 Å². The van der Waals surface area contributed by atoms with Crippen LogP contribution in [0.1, 0.15) is 101 Å². The highest BCUT2D eigenvalue weighted by atomic mass is 16.6. The number of carbonyl (C=O) groups is 4. The van der Waals surface area contributed by atoms with Crippen LogP contribution in [0.4, 0.5) is 0 Å². The van der Waals surface area contributed by atoms with Gasteiger partial charge in [-0.05, 0) is 83.0 Å². The van der Waals surface area contributed by atoms with Crippen LogP contribution in [0, 0.1) is 39.4 Å². The van der Waals surface area contributed by atoms with E-state index in [9.17, 15) is 34.5 Å². The molecule has 4 aliphatic rings. The second-order valence-electron chi connectivity index (χ2n) is 15.1. The van der Waals surface area contributed by atoms with E-state index in [0.717, 1.165) is 5.57 Å². The average Bonchev–Trinajstić information content (AvgIpc) is 3.01. The summed E-state index contributed by atoms with van der Waals surface area (Å²) < 4.78 is 5.31. The van der Waals surface area contributed by atoms with Gasteiger partial charge in [-0.25, -0.2) is 0 Å². The van der Waals surface area contributed by atoms with Gasteiger partial charge in [0.15, 0.2) is 11.6 Å². The zero-order valence-corrected chi connectivity index (χ0v) is 25.6. The predicted octanol–water partition coefficient (Wildman–Crippen LogP) is 3.72. The molecule has 0 spiro atoms. The lowest BCUT2D eigenvalue weighted by Crippen LogP contribution is -2.65. The lowest BCUT2D eigenvalue weighted by atomic mass is 9.38. The van der Waals surface area contributed by atoms with Crippen LogP contribution in [0.25, 0.3) is 0 Å². The normalized spacial score (nSPS) is 42.2. The molecule has 8 heteroatoms. The lowest BCUT2D eigenvalue weighted by Gasteiger charge is -2.64. The molecule has 2 unspecified atom stereocenters. The maximum absolute atomic E-state index is 14.3. The highest BCUT2D eigenvalue weighted by Gasteiger charge is 2.74. The van der Waals surface area contributed by atoms with E-state index in [1.807, 2.05) is 27.7 Å². The molecule has 4 aliphatic carbocycles. The largest absolute Gasteiger partial charge is 0.460 e. The highest BCUT2D eigenvalue weighted by molar-refractivity contribution is 5.95. The van der Waals surface area contributed by atoms with Crippen molar-refractivity contribution >= 4 is 23.3 Å². The van der Waals surface area contributed by atoms with Crippen molar-refractivity contribution in [2.45, 2.75) is 124 Å². The molecular formula is C32H48O8. The number of aliphatic hydroxyl groups excluding tert-OH is 2. The molecule has 0 saturated heterocycles. The molecule has 3 N–H and O–H groups in total. The standard InChI is InChI=1S/C32H48O8/c1-17(33)40-27(2,3)13-12-23(36)32(9,39)25-21(35)15-29(6)22-11-10-18-19(14-20(34)26(38)28(18,4)5)31(22,8)24(37)16-30(25,29)7/h10,19-22,25,34-35,39H,11-16H2,1-9H3/t19-,20+,21-,22?,25?,29+,30-,31+,32+/m1/s1. The average molecular weight is 561 g/mol. The van der Waals surface area contributed by atoms with Gasteiger partial charge in [0.05, 0.1) is 6.10 Å². The van der Waals surface area contributed by atoms with E-state index in [2.05, 4.69) is 13.0 Å². The maximum Gasteiger partial charge on any atom is 0.303 e. The first-order valence-electron chi connectivity index (χ1n) is 14.7. The molecule has 0 heterocycles. The van der Waals surface area contributed by atoms with Gasteiger partial charge in [-0.1, -0.05) is 32.4 Å². The van der Waals surface area contributed by atoms with Crippen LogP contribution in [-0.2, 0) is 23.9 Å². The predicted molar refractivity (Wildman–Crippen MR) is 148 cm³/mol. The van der Waals surface area contributed by atoms with Crippen molar-refractivity contribution in [3.05, 3.63) is 11.6 Å². The molecule has 0 amide bonds.